The molecule has 2 nitrogen and oxygen atoms in total. The van der Waals surface area contributed by atoms with Gasteiger partial charge in [-0.15, -0.1) is 11.3 Å². The number of rotatable bonds is 4. The Balaban J connectivity index is 2.17. The van der Waals surface area contributed by atoms with E-state index in [9.17, 15) is 4.79 Å². The van der Waals surface area contributed by atoms with Gasteiger partial charge >= 0.3 is 0 Å². The molecule has 82 valence electrons. The number of carbonyl (C=O) groups is 1. The number of aryl methyl sites for hydroxylation is 1. The normalized spacial score (nSPS) is 10.1. The topological polar surface area (TPSA) is 26.3 Å². The second kappa shape index (κ2) is 4.94. The molecule has 0 unspecified atom stereocenters. The van der Waals surface area contributed by atoms with Crippen molar-refractivity contribution in [2.75, 3.05) is 0 Å². The molecule has 0 aliphatic rings. The van der Waals surface area contributed by atoms with Gasteiger partial charge in [0.05, 0.1) is 5.56 Å². The van der Waals surface area contributed by atoms with Crippen molar-refractivity contribution >= 4 is 17.6 Å². The average Bonchev–Trinajstić information content (AvgIpc) is 2.80. The molecule has 0 saturated heterocycles. The predicted octanol–water partition coefficient (Wildman–Crippen LogP) is 3.45. The maximum atomic E-state index is 10.9. The molecule has 2 rings (SSSR count). The molecule has 0 fully saturated rings. The van der Waals surface area contributed by atoms with E-state index in [1.54, 1.807) is 17.4 Å². The Hall–Kier alpha value is -1.61. The molecule has 0 radical (unpaired) electrons. The summed E-state index contributed by atoms with van der Waals surface area (Å²) in [5.41, 5.74) is 1.60. The van der Waals surface area contributed by atoms with E-state index in [-0.39, 0.29) is 0 Å². The number of carbonyl (C=O) groups excluding carboxylic acids is 1. The van der Waals surface area contributed by atoms with Crippen molar-refractivity contribution in [1.82, 2.24) is 0 Å². The zero-order valence-electron chi connectivity index (χ0n) is 8.97. The molecule has 0 aliphatic carbocycles. The van der Waals surface area contributed by atoms with Crippen molar-refractivity contribution in [3.63, 3.8) is 0 Å². The second-order valence-corrected chi connectivity index (χ2v) is 4.51. The van der Waals surface area contributed by atoms with E-state index in [4.69, 9.17) is 4.74 Å². The Labute approximate surface area is 98.5 Å². The number of para-hydroxylation sites is 1. The zero-order chi connectivity index (χ0) is 11.4. The van der Waals surface area contributed by atoms with E-state index < -0.39 is 0 Å². The summed E-state index contributed by atoms with van der Waals surface area (Å²) in [5.74, 6) is 0.686. The minimum absolute atomic E-state index is 0.517. The first-order valence-electron chi connectivity index (χ1n) is 5.01. The van der Waals surface area contributed by atoms with Crippen molar-refractivity contribution in [1.29, 1.82) is 0 Å². The third kappa shape index (κ3) is 2.31. The molecule has 1 heterocycles. The van der Waals surface area contributed by atoms with Crippen molar-refractivity contribution in [2.45, 2.75) is 13.5 Å². The van der Waals surface area contributed by atoms with Gasteiger partial charge in [-0.05, 0) is 30.0 Å². The molecule has 2 aromatic rings. The number of thiophene rings is 1. The first-order chi connectivity index (χ1) is 7.81. The molecule has 3 heteroatoms. The maximum Gasteiger partial charge on any atom is 0.153 e. The van der Waals surface area contributed by atoms with Crippen LogP contribution in [0.1, 0.15) is 20.8 Å². The lowest BCUT2D eigenvalue weighted by Crippen LogP contribution is -1.98. The fraction of sp³-hybridized carbons (Fsp3) is 0.154. The van der Waals surface area contributed by atoms with Crippen LogP contribution in [0, 0.1) is 6.92 Å². The van der Waals surface area contributed by atoms with Gasteiger partial charge in [-0.2, -0.15) is 0 Å². The van der Waals surface area contributed by atoms with Crippen LogP contribution in [0.4, 0.5) is 0 Å². The number of aldehydes is 1. The molecular formula is C13H12O2S. The SMILES string of the molecule is Cc1cccc(C=O)c1OCc1cccs1. The third-order valence-corrected chi connectivity index (χ3v) is 3.16. The van der Waals surface area contributed by atoms with E-state index in [0.29, 0.717) is 17.9 Å². The van der Waals surface area contributed by atoms with Crippen LogP contribution in [0.2, 0.25) is 0 Å². The van der Waals surface area contributed by atoms with E-state index in [0.717, 1.165) is 16.7 Å². The van der Waals surface area contributed by atoms with Crippen LogP contribution >= 0.6 is 11.3 Å². The van der Waals surface area contributed by atoms with Crippen molar-refractivity contribution in [2.24, 2.45) is 0 Å². The summed E-state index contributed by atoms with van der Waals surface area (Å²) >= 11 is 1.65. The lowest BCUT2D eigenvalue weighted by atomic mass is 10.1. The molecule has 0 atom stereocenters. The number of benzene rings is 1. The summed E-state index contributed by atoms with van der Waals surface area (Å²) in [6, 6.07) is 9.57. The summed E-state index contributed by atoms with van der Waals surface area (Å²) in [5, 5.41) is 2.01. The number of hydrogen-bond donors (Lipinski definition) is 0. The summed E-state index contributed by atoms with van der Waals surface area (Å²) in [4.78, 5) is 12.0. The van der Waals surface area contributed by atoms with E-state index in [1.165, 1.54) is 0 Å². The van der Waals surface area contributed by atoms with Gasteiger partial charge in [0.2, 0.25) is 0 Å². The summed E-state index contributed by atoms with van der Waals surface area (Å²) < 4.78 is 5.68. The smallest absolute Gasteiger partial charge is 0.153 e. The van der Waals surface area contributed by atoms with Gasteiger partial charge < -0.3 is 4.74 Å². The highest BCUT2D eigenvalue weighted by atomic mass is 32.1. The van der Waals surface area contributed by atoms with Gasteiger partial charge in [-0.1, -0.05) is 18.2 Å². The highest BCUT2D eigenvalue weighted by Gasteiger charge is 2.06. The molecule has 0 aliphatic heterocycles. The average molecular weight is 232 g/mol. The first-order valence-corrected chi connectivity index (χ1v) is 5.89. The van der Waals surface area contributed by atoms with Gasteiger partial charge in [0.1, 0.15) is 12.4 Å². The Bertz CT molecular complexity index is 475. The fourth-order valence-corrected chi connectivity index (χ4v) is 2.12. The molecule has 1 aromatic heterocycles. The van der Waals surface area contributed by atoms with E-state index in [2.05, 4.69) is 0 Å². The minimum Gasteiger partial charge on any atom is -0.487 e. The van der Waals surface area contributed by atoms with Gasteiger partial charge in [-0.3, -0.25) is 4.79 Å². The monoisotopic (exact) mass is 232 g/mol. The summed E-state index contributed by atoms with van der Waals surface area (Å²) in [6.45, 7) is 2.46. The van der Waals surface area contributed by atoms with Gasteiger partial charge in [0, 0.05) is 4.88 Å². The molecule has 0 amide bonds. The largest absolute Gasteiger partial charge is 0.487 e. The highest BCUT2D eigenvalue weighted by Crippen LogP contribution is 2.23. The van der Waals surface area contributed by atoms with Crippen LogP contribution in [0.15, 0.2) is 35.7 Å². The zero-order valence-corrected chi connectivity index (χ0v) is 9.79. The van der Waals surface area contributed by atoms with E-state index >= 15 is 0 Å². The van der Waals surface area contributed by atoms with Crippen molar-refractivity contribution in [3.05, 3.63) is 51.7 Å². The van der Waals surface area contributed by atoms with Crippen molar-refractivity contribution in [3.8, 4) is 5.75 Å². The fourth-order valence-electron chi connectivity index (χ4n) is 1.50. The molecule has 0 saturated carbocycles. The summed E-state index contributed by atoms with van der Waals surface area (Å²) in [6.07, 6.45) is 0.830. The molecule has 1 aromatic carbocycles. The van der Waals surface area contributed by atoms with E-state index in [1.807, 2.05) is 36.6 Å². The van der Waals surface area contributed by atoms with Gasteiger partial charge in [-0.25, -0.2) is 0 Å². The van der Waals surface area contributed by atoms with Crippen molar-refractivity contribution < 1.29 is 9.53 Å². The van der Waals surface area contributed by atoms with Crippen LogP contribution < -0.4 is 4.74 Å². The quantitative estimate of drug-likeness (QED) is 0.755. The minimum atomic E-state index is 0.517. The molecular weight excluding hydrogens is 220 g/mol. The van der Waals surface area contributed by atoms with Crippen LogP contribution in [-0.4, -0.2) is 6.29 Å². The molecule has 0 bridgehead atoms. The van der Waals surface area contributed by atoms with Crippen LogP contribution in [-0.2, 0) is 6.61 Å². The Morgan fingerprint density at radius 2 is 2.19 bits per heavy atom. The second-order valence-electron chi connectivity index (χ2n) is 3.48. The maximum absolute atomic E-state index is 10.9. The van der Waals surface area contributed by atoms with Gasteiger partial charge in [0.25, 0.3) is 0 Å². The standard InChI is InChI=1S/C13H12O2S/c1-10-4-2-5-11(8-14)13(10)15-9-12-6-3-7-16-12/h2-8H,9H2,1H3. The Morgan fingerprint density at radius 3 is 2.88 bits per heavy atom. The molecule has 0 N–H and O–H groups in total. The van der Waals surface area contributed by atoms with Crippen LogP contribution in [0.5, 0.6) is 5.75 Å². The number of hydrogen-bond acceptors (Lipinski definition) is 3. The third-order valence-electron chi connectivity index (χ3n) is 2.31. The molecule has 16 heavy (non-hydrogen) atoms. The van der Waals surface area contributed by atoms with Crippen LogP contribution in [0.3, 0.4) is 0 Å². The first kappa shape index (κ1) is 10.9. The lowest BCUT2D eigenvalue weighted by Gasteiger charge is -2.09. The summed E-state index contributed by atoms with van der Waals surface area (Å²) in [7, 11) is 0. The van der Waals surface area contributed by atoms with Gasteiger partial charge in [0.15, 0.2) is 6.29 Å². The molecule has 0 spiro atoms. The highest BCUT2D eigenvalue weighted by molar-refractivity contribution is 7.09. The number of ether oxygens (including phenoxy) is 1. The Morgan fingerprint density at radius 1 is 1.31 bits per heavy atom. The lowest BCUT2D eigenvalue weighted by molar-refractivity contribution is 0.111. The Kier molecular flexibility index (Phi) is 3.37. The predicted molar refractivity (Wildman–Crippen MR) is 65.2 cm³/mol. The van der Waals surface area contributed by atoms with Crippen LogP contribution in [0.25, 0.3) is 0 Å².